The Morgan fingerprint density at radius 2 is 2.16 bits per heavy atom. The summed E-state index contributed by atoms with van der Waals surface area (Å²) in [4.78, 5) is 8.21. The van der Waals surface area contributed by atoms with Gasteiger partial charge in [-0.3, -0.25) is 0 Å². The summed E-state index contributed by atoms with van der Waals surface area (Å²) >= 11 is 8.97. The van der Waals surface area contributed by atoms with Gasteiger partial charge in [0.2, 0.25) is 0 Å². The first kappa shape index (κ1) is 14.2. The van der Waals surface area contributed by atoms with Crippen LogP contribution >= 0.6 is 27.5 Å². The number of hydrogen-bond acceptors (Lipinski definition) is 4. The number of hydrogen-bond donors (Lipinski definition) is 1. The van der Waals surface area contributed by atoms with E-state index in [0.717, 1.165) is 0 Å². The van der Waals surface area contributed by atoms with Crippen LogP contribution in [0.5, 0.6) is 0 Å². The van der Waals surface area contributed by atoms with Crippen molar-refractivity contribution < 1.29 is 9.13 Å². The third-order valence-corrected chi connectivity index (χ3v) is 3.04. The quantitative estimate of drug-likeness (QED) is 0.852. The fourth-order valence-electron chi connectivity index (χ4n) is 1.44. The molecular formula is C12H10BrClFN3O. The van der Waals surface area contributed by atoms with Crippen LogP contribution in [0.4, 0.5) is 15.9 Å². The molecule has 1 aromatic heterocycles. The van der Waals surface area contributed by atoms with Gasteiger partial charge < -0.3 is 10.1 Å². The molecule has 4 nitrogen and oxygen atoms in total. The Morgan fingerprint density at radius 3 is 2.84 bits per heavy atom. The fraction of sp³-hybridized carbons (Fsp3) is 0.167. The normalized spacial score (nSPS) is 10.5. The summed E-state index contributed by atoms with van der Waals surface area (Å²) in [7, 11) is 1.54. The number of halogens is 3. The molecule has 0 unspecified atom stereocenters. The first-order chi connectivity index (χ1) is 9.08. The number of rotatable bonds is 4. The maximum Gasteiger partial charge on any atom is 0.158 e. The Balaban J connectivity index is 2.24. The first-order valence-corrected chi connectivity index (χ1v) is 6.50. The van der Waals surface area contributed by atoms with E-state index in [1.165, 1.54) is 6.07 Å². The van der Waals surface area contributed by atoms with Crippen molar-refractivity contribution in [3.8, 4) is 0 Å². The van der Waals surface area contributed by atoms with Gasteiger partial charge in [0.05, 0.1) is 4.47 Å². The molecule has 0 aliphatic heterocycles. The number of anilines is 2. The van der Waals surface area contributed by atoms with Gasteiger partial charge in [-0.05, 0) is 34.1 Å². The van der Waals surface area contributed by atoms with Crippen LogP contribution in [-0.4, -0.2) is 17.1 Å². The van der Waals surface area contributed by atoms with Crippen LogP contribution in [0, 0.1) is 5.82 Å². The molecule has 19 heavy (non-hydrogen) atoms. The fourth-order valence-corrected chi connectivity index (χ4v) is 1.89. The van der Waals surface area contributed by atoms with Gasteiger partial charge in [-0.1, -0.05) is 11.6 Å². The zero-order valence-corrected chi connectivity index (χ0v) is 12.3. The predicted octanol–water partition coefficient (Wildman–Crippen LogP) is 3.92. The molecule has 1 aromatic carbocycles. The Labute approximate surface area is 123 Å². The van der Waals surface area contributed by atoms with E-state index in [-0.39, 0.29) is 12.4 Å². The molecule has 1 N–H and O–H groups in total. The van der Waals surface area contributed by atoms with Gasteiger partial charge in [-0.25, -0.2) is 14.4 Å². The van der Waals surface area contributed by atoms with E-state index in [2.05, 4.69) is 31.2 Å². The van der Waals surface area contributed by atoms with E-state index in [4.69, 9.17) is 16.3 Å². The van der Waals surface area contributed by atoms with Gasteiger partial charge in [0.15, 0.2) is 5.82 Å². The second-order valence-electron chi connectivity index (χ2n) is 3.68. The Bertz CT molecular complexity index is 597. The molecule has 1 heterocycles. The van der Waals surface area contributed by atoms with Crippen molar-refractivity contribution in [3.63, 3.8) is 0 Å². The molecule has 0 saturated carbocycles. The van der Waals surface area contributed by atoms with Crippen molar-refractivity contribution in [1.29, 1.82) is 0 Å². The number of methoxy groups -OCH3 is 1. The minimum atomic E-state index is -0.359. The van der Waals surface area contributed by atoms with Crippen LogP contribution in [0.3, 0.4) is 0 Å². The van der Waals surface area contributed by atoms with Crippen molar-refractivity contribution in [2.24, 2.45) is 0 Å². The molecule has 2 rings (SSSR count). The van der Waals surface area contributed by atoms with Crippen LogP contribution < -0.4 is 5.32 Å². The highest BCUT2D eigenvalue weighted by atomic mass is 79.9. The average Bonchev–Trinajstić information content (AvgIpc) is 2.33. The third kappa shape index (κ3) is 3.86. The number of ether oxygens (including phenoxy) is 1. The molecular weight excluding hydrogens is 337 g/mol. The molecule has 7 heteroatoms. The molecule has 0 bridgehead atoms. The van der Waals surface area contributed by atoms with Crippen molar-refractivity contribution in [2.45, 2.75) is 6.61 Å². The zero-order chi connectivity index (χ0) is 13.8. The molecule has 0 spiro atoms. The lowest BCUT2D eigenvalue weighted by molar-refractivity contribution is 0.178. The summed E-state index contributed by atoms with van der Waals surface area (Å²) in [6.45, 7) is 0.254. The van der Waals surface area contributed by atoms with Gasteiger partial charge >= 0.3 is 0 Å². The molecule has 0 aliphatic carbocycles. The van der Waals surface area contributed by atoms with Gasteiger partial charge in [-0.15, -0.1) is 0 Å². The Hall–Kier alpha value is -1.24. The van der Waals surface area contributed by atoms with Crippen molar-refractivity contribution >= 4 is 39.0 Å². The lowest BCUT2D eigenvalue weighted by atomic mass is 10.3. The van der Waals surface area contributed by atoms with E-state index in [1.807, 2.05) is 0 Å². The monoisotopic (exact) mass is 345 g/mol. The maximum absolute atomic E-state index is 13.4. The largest absolute Gasteiger partial charge is 0.377 e. The standard InChI is InChI=1S/C12H10BrClFN3O/c1-19-6-12-17-10(14)5-11(18-12)16-7-2-3-8(13)9(15)4-7/h2-5H,6H2,1H3,(H,16,17,18). The molecule has 0 radical (unpaired) electrons. The number of nitrogens with zero attached hydrogens (tertiary/aromatic N) is 2. The van der Waals surface area contributed by atoms with E-state index in [9.17, 15) is 4.39 Å². The lowest BCUT2D eigenvalue weighted by Gasteiger charge is -2.08. The second-order valence-corrected chi connectivity index (χ2v) is 4.92. The van der Waals surface area contributed by atoms with Crippen LogP contribution in [-0.2, 0) is 11.3 Å². The van der Waals surface area contributed by atoms with Gasteiger partial charge in [0, 0.05) is 18.9 Å². The molecule has 100 valence electrons. The lowest BCUT2D eigenvalue weighted by Crippen LogP contribution is -2.01. The number of nitrogens with one attached hydrogen (secondary N) is 1. The average molecular weight is 347 g/mol. The predicted molar refractivity (Wildman–Crippen MR) is 75.1 cm³/mol. The second kappa shape index (κ2) is 6.27. The van der Waals surface area contributed by atoms with Crippen molar-refractivity contribution in [2.75, 3.05) is 12.4 Å². The molecule has 2 aromatic rings. The SMILES string of the molecule is COCc1nc(Cl)cc(Nc2ccc(Br)c(F)c2)n1. The summed E-state index contributed by atoms with van der Waals surface area (Å²) < 4.78 is 18.7. The zero-order valence-electron chi connectivity index (χ0n) is 9.95. The Morgan fingerprint density at radius 1 is 1.37 bits per heavy atom. The summed E-state index contributed by atoms with van der Waals surface area (Å²) in [6.07, 6.45) is 0. The van der Waals surface area contributed by atoms with Crippen molar-refractivity contribution in [3.05, 3.63) is 45.5 Å². The topological polar surface area (TPSA) is 47.0 Å². The summed E-state index contributed by atoms with van der Waals surface area (Å²) in [5, 5.41) is 3.25. The molecule has 0 amide bonds. The summed E-state index contributed by atoms with van der Waals surface area (Å²) in [5.74, 6) is 0.575. The van der Waals surface area contributed by atoms with E-state index in [0.29, 0.717) is 27.0 Å². The summed E-state index contributed by atoms with van der Waals surface area (Å²) in [5.41, 5.74) is 0.568. The smallest absolute Gasteiger partial charge is 0.158 e. The van der Waals surface area contributed by atoms with E-state index >= 15 is 0 Å². The third-order valence-electron chi connectivity index (χ3n) is 2.21. The van der Waals surface area contributed by atoms with Crippen LogP contribution in [0.25, 0.3) is 0 Å². The van der Waals surface area contributed by atoms with Crippen molar-refractivity contribution in [1.82, 2.24) is 9.97 Å². The highest BCUT2D eigenvalue weighted by molar-refractivity contribution is 9.10. The van der Waals surface area contributed by atoms with Crippen LogP contribution in [0.15, 0.2) is 28.7 Å². The molecule has 0 aliphatic rings. The minimum absolute atomic E-state index is 0.254. The number of benzene rings is 1. The maximum atomic E-state index is 13.4. The molecule has 0 saturated heterocycles. The summed E-state index contributed by atoms with van der Waals surface area (Å²) in [6, 6.07) is 6.24. The molecule has 0 atom stereocenters. The van der Waals surface area contributed by atoms with Crippen LogP contribution in [0.2, 0.25) is 5.15 Å². The minimum Gasteiger partial charge on any atom is -0.377 e. The molecule has 0 fully saturated rings. The van der Waals surface area contributed by atoms with E-state index < -0.39 is 0 Å². The highest BCUT2D eigenvalue weighted by Crippen LogP contribution is 2.22. The number of aromatic nitrogens is 2. The van der Waals surface area contributed by atoms with Gasteiger partial charge in [0.1, 0.15) is 23.4 Å². The van der Waals surface area contributed by atoms with E-state index in [1.54, 1.807) is 25.3 Å². The van der Waals surface area contributed by atoms with Gasteiger partial charge in [0.25, 0.3) is 0 Å². The first-order valence-electron chi connectivity index (χ1n) is 5.33. The Kier molecular flexibility index (Phi) is 4.68. The highest BCUT2D eigenvalue weighted by Gasteiger charge is 2.05. The van der Waals surface area contributed by atoms with Crippen LogP contribution in [0.1, 0.15) is 5.82 Å². The van der Waals surface area contributed by atoms with Gasteiger partial charge in [-0.2, -0.15) is 0 Å².